The Balaban J connectivity index is 2.75. The highest BCUT2D eigenvalue weighted by Crippen LogP contribution is 2.32. The van der Waals surface area contributed by atoms with Gasteiger partial charge in [0.2, 0.25) is 0 Å². The molecule has 0 aliphatic heterocycles. The van der Waals surface area contributed by atoms with E-state index in [1.807, 2.05) is 0 Å². The normalized spacial score (nSPS) is 21.7. The van der Waals surface area contributed by atoms with Crippen molar-refractivity contribution < 1.29 is 17.2 Å². The molecule has 0 atom stereocenters. The summed E-state index contributed by atoms with van der Waals surface area (Å²) < 4.78 is 48.2. The number of hydrogen-bond acceptors (Lipinski definition) is 2. The highest BCUT2D eigenvalue weighted by molar-refractivity contribution is 9.09. The van der Waals surface area contributed by atoms with Gasteiger partial charge in [-0.05, 0) is 12.8 Å². The first-order valence-electron chi connectivity index (χ1n) is 4.29. The lowest BCUT2D eigenvalue weighted by molar-refractivity contribution is 0.228. The molecule has 0 heterocycles. The summed E-state index contributed by atoms with van der Waals surface area (Å²) in [5.74, 6) is -3.35. The molecular formula is C7H12BrF2NO2S. The Labute approximate surface area is 90.4 Å². The first-order chi connectivity index (χ1) is 6.42. The molecule has 84 valence electrons. The van der Waals surface area contributed by atoms with Gasteiger partial charge in [-0.15, -0.1) is 0 Å². The molecule has 0 aromatic rings. The Kier molecular flexibility index (Phi) is 3.87. The molecule has 0 spiro atoms. The van der Waals surface area contributed by atoms with Crippen LogP contribution in [0.2, 0.25) is 0 Å². The largest absolute Gasteiger partial charge is 0.350 e. The fourth-order valence-corrected chi connectivity index (χ4v) is 3.52. The average Bonchev–Trinajstić information content (AvgIpc) is 2.53. The molecule has 1 fully saturated rings. The summed E-state index contributed by atoms with van der Waals surface area (Å²) >= 11 is 3.16. The molecule has 3 nitrogen and oxygen atoms in total. The van der Waals surface area contributed by atoms with Gasteiger partial charge in [-0.25, -0.2) is 13.1 Å². The van der Waals surface area contributed by atoms with Crippen molar-refractivity contribution >= 4 is 26.0 Å². The molecule has 0 saturated heterocycles. The Morgan fingerprint density at radius 2 is 1.86 bits per heavy atom. The van der Waals surface area contributed by atoms with Crippen LogP contribution >= 0.6 is 15.9 Å². The van der Waals surface area contributed by atoms with E-state index < -0.39 is 21.3 Å². The van der Waals surface area contributed by atoms with Crippen molar-refractivity contribution in [3.8, 4) is 0 Å². The van der Waals surface area contributed by atoms with Crippen LogP contribution in [0, 0.1) is 0 Å². The number of halogens is 3. The summed E-state index contributed by atoms with van der Waals surface area (Å²) in [4.78, 5) is 0. The lowest BCUT2D eigenvalue weighted by Crippen LogP contribution is -2.49. The van der Waals surface area contributed by atoms with Gasteiger partial charge in [0.1, 0.15) is 0 Å². The molecule has 7 heteroatoms. The van der Waals surface area contributed by atoms with Crippen LogP contribution in [0.4, 0.5) is 8.78 Å². The van der Waals surface area contributed by atoms with Crippen LogP contribution in [0.25, 0.3) is 0 Å². The van der Waals surface area contributed by atoms with Crippen molar-refractivity contribution in [2.24, 2.45) is 0 Å². The monoisotopic (exact) mass is 291 g/mol. The van der Waals surface area contributed by atoms with Crippen LogP contribution in [0.1, 0.15) is 25.7 Å². The van der Waals surface area contributed by atoms with Gasteiger partial charge in [-0.1, -0.05) is 28.8 Å². The Bertz CT molecular complexity index is 288. The number of rotatable bonds is 4. The second-order valence-electron chi connectivity index (χ2n) is 3.53. The minimum atomic E-state index is -4.47. The second-order valence-corrected chi connectivity index (χ2v) is 5.74. The summed E-state index contributed by atoms with van der Waals surface area (Å²) in [6, 6.07) is 0. The van der Waals surface area contributed by atoms with Crippen LogP contribution < -0.4 is 4.72 Å². The number of nitrogens with one attached hydrogen (secondary N) is 1. The van der Waals surface area contributed by atoms with Crippen LogP contribution in [-0.4, -0.2) is 25.0 Å². The quantitative estimate of drug-likeness (QED) is 0.804. The maximum atomic E-state index is 12.1. The molecule has 0 radical (unpaired) electrons. The smallest absolute Gasteiger partial charge is 0.206 e. The first kappa shape index (κ1) is 12.3. The van der Waals surface area contributed by atoms with Crippen LogP contribution in [-0.2, 0) is 10.0 Å². The molecular weight excluding hydrogens is 280 g/mol. The topological polar surface area (TPSA) is 46.2 Å². The minimum absolute atomic E-state index is 0.381. The third-order valence-corrected chi connectivity index (χ3v) is 4.67. The zero-order chi connectivity index (χ0) is 10.8. The van der Waals surface area contributed by atoms with Gasteiger partial charge in [-0.3, -0.25) is 0 Å². The van der Waals surface area contributed by atoms with Crippen molar-refractivity contribution in [3.63, 3.8) is 0 Å². The van der Waals surface area contributed by atoms with E-state index in [0.29, 0.717) is 18.2 Å². The number of sulfonamides is 1. The van der Waals surface area contributed by atoms with Gasteiger partial charge in [0, 0.05) is 10.9 Å². The summed E-state index contributed by atoms with van der Waals surface area (Å²) in [6.45, 7) is 0. The lowest BCUT2D eigenvalue weighted by Gasteiger charge is -2.27. The highest BCUT2D eigenvalue weighted by atomic mass is 79.9. The van der Waals surface area contributed by atoms with E-state index in [-0.39, 0.29) is 0 Å². The minimum Gasteiger partial charge on any atom is -0.206 e. The Hall–Kier alpha value is 0.250. The van der Waals surface area contributed by atoms with E-state index in [4.69, 9.17) is 0 Å². The fourth-order valence-electron chi connectivity index (χ4n) is 1.66. The average molecular weight is 292 g/mol. The van der Waals surface area contributed by atoms with Crippen LogP contribution in [0.5, 0.6) is 0 Å². The Morgan fingerprint density at radius 3 is 2.21 bits per heavy atom. The van der Waals surface area contributed by atoms with E-state index in [9.17, 15) is 17.2 Å². The molecule has 1 rings (SSSR count). The summed E-state index contributed by atoms with van der Waals surface area (Å²) in [6.07, 6.45) is 2.98. The molecule has 1 saturated carbocycles. The summed E-state index contributed by atoms with van der Waals surface area (Å²) in [5.41, 5.74) is -0.699. The van der Waals surface area contributed by atoms with Crippen LogP contribution in [0.15, 0.2) is 0 Å². The van der Waals surface area contributed by atoms with Crippen molar-refractivity contribution in [3.05, 3.63) is 0 Å². The van der Waals surface area contributed by atoms with Gasteiger partial charge < -0.3 is 0 Å². The molecule has 1 N–H and O–H groups in total. The van der Waals surface area contributed by atoms with Gasteiger partial charge >= 0.3 is 5.76 Å². The zero-order valence-electron chi connectivity index (χ0n) is 7.47. The fraction of sp³-hybridized carbons (Fsp3) is 1.00. The van der Waals surface area contributed by atoms with Gasteiger partial charge in [-0.2, -0.15) is 8.78 Å². The van der Waals surface area contributed by atoms with Crippen molar-refractivity contribution in [1.29, 1.82) is 0 Å². The molecule has 0 unspecified atom stereocenters. The van der Waals surface area contributed by atoms with E-state index in [1.54, 1.807) is 0 Å². The summed E-state index contributed by atoms with van der Waals surface area (Å²) in [5, 5.41) is 0.381. The lowest BCUT2D eigenvalue weighted by atomic mass is 10.0. The van der Waals surface area contributed by atoms with Crippen LogP contribution in [0.3, 0.4) is 0 Å². The van der Waals surface area contributed by atoms with E-state index in [0.717, 1.165) is 12.8 Å². The van der Waals surface area contributed by atoms with E-state index >= 15 is 0 Å². The third kappa shape index (κ3) is 2.64. The molecule has 0 aromatic carbocycles. The highest BCUT2D eigenvalue weighted by Gasteiger charge is 2.39. The maximum absolute atomic E-state index is 12.1. The molecule has 0 amide bonds. The number of alkyl halides is 3. The summed E-state index contributed by atoms with van der Waals surface area (Å²) in [7, 11) is -4.47. The molecule has 0 aromatic heterocycles. The van der Waals surface area contributed by atoms with E-state index in [1.165, 1.54) is 0 Å². The number of hydrogen-bond donors (Lipinski definition) is 1. The molecule has 0 bridgehead atoms. The van der Waals surface area contributed by atoms with Crippen molar-refractivity contribution in [2.75, 3.05) is 5.33 Å². The standard InChI is InChI=1S/C7H12BrF2NO2S/c8-5-7(3-1-2-4-7)11-14(12,13)6(9)10/h6,11H,1-5H2. The predicted octanol–water partition coefficient (Wildman–Crippen LogP) is 1.84. The Morgan fingerprint density at radius 1 is 1.36 bits per heavy atom. The zero-order valence-corrected chi connectivity index (χ0v) is 9.87. The second kappa shape index (κ2) is 4.40. The molecule has 1 aliphatic carbocycles. The molecule has 14 heavy (non-hydrogen) atoms. The van der Waals surface area contributed by atoms with Gasteiger partial charge in [0.25, 0.3) is 10.0 Å². The SMILES string of the molecule is O=S(=O)(NC1(CBr)CCCC1)C(F)F. The van der Waals surface area contributed by atoms with Crippen molar-refractivity contribution in [2.45, 2.75) is 37.0 Å². The first-order valence-corrected chi connectivity index (χ1v) is 6.96. The van der Waals surface area contributed by atoms with Crippen molar-refractivity contribution in [1.82, 2.24) is 4.72 Å². The van der Waals surface area contributed by atoms with Gasteiger partial charge in [0.05, 0.1) is 0 Å². The third-order valence-electron chi connectivity index (χ3n) is 2.41. The maximum Gasteiger partial charge on any atom is 0.350 e. The van der Waals surface area contributed by atoms with E-state index in [2.05, 4.69) is 20.7 Å². The molecule has 1 aliphatic rings. The van der Waals surface area contributed by atoms with Gasteiger partial charge in [0.15, 0.2) is 0 Å². The predicted molar refractivity (Wildman–Crippen MR) is 53.1 cm³/mol.